The molecule has 0 unspecified atom stereocenters. The molecule has 4 rings (SSSR count). The Balaban J connectivity index is 1.53. The highest BCUT2D eigenvalue weighted by molar-refractivity contribution is 5.97. The van der Waals surface area contributed by atoms with Crippen molar-refractivity contribution in [2.24, 2.45) is 0 Å². The number of carbonyl (C=O) groups is 2. The Hall–Kier alpha value is -2.62. The van der Waals surface area contributed by atoms with E-state index in [2.05, 4.69) is 0 Å². The van der Waals surface area contributed by atoms with Gasteiger partial charge in [-0.15, -0.1) is 0 Å². The molecular weight excluding hydrogens is 276 g/mol. The average Bonchev–Trinajstić information content (AvgIpc) is 3.46. The molecule has 0 N–H and O–H groups in total. The van der Waals surface area contributed by atoms with Crippen LogP contribution in [0.3, 0.4) is 0 Å². The fourth-order valence-corrected chi connectivity index (χ4v) is 2.48. The molecule has 0 bridgehead atoms. The summed E-state index contributed by atoms with van der Waals surface area (Å²) in [7, 11) is 0. The van der Waals surface area contributed by atoms with E-state index in [1.54, 1.807) is 0 Å². The van der Waals surface area contributed by atoms with E-state index in [0.717, 1.165) is 48.4 Å². The van der Waals surface area contributed by atoms with Gasteiger partial charge in [0, 0.05) is 37.3 Å². The van der Waals surface area contributed by atoms with E-state index < -0.39 is 0 Å². The summed E-state index contributed by atoms with van der Waals surface area (Å²) in [4.78, 5) is 27.5. The van der Waals surface area contributed by atoms with Gasteiger partial charge < -0.3 is 9.80 Å². The minimum absolute atomic E-state index is 0.103. The van der Waals surface area contributed by atoms with E-state index in [-0.39, 0.29) is 11.8 Å². The van der Waals surface area contributed by atoms with Crippen LogP contribution in [0.25, 0.3) is 11.1 Å². The third kappa shape index (κ3) is 2.48. The third-order valence-electron chi connectivity index (χ3n) is 4.07. The summed E-state index contributed by atoms with van der Waals surface area (Å²) < 4.78 is 0. The van der Waals surface area contributed by atoms with E-state index in [1.165, 1.54) is 0 Å². The third-order valence-corrected chi connectivity index (χ3v) is 4.07. The molecule has 2 aromatic rings. The Kier molecular flexibility index (Phi) is 2.96. The highest BCUT2D eigenvalue weighted by atomic mass is 16.2. The normalized spacial score (nSPS) is 15.6. The van der Waals surface area contributed by atoms with Crippen LogP contribution in [0.15, 0.2) is 48.5 Å². The van der Waals surface area contributed by atoms with Crippen molar-refractivity contribution in [1.82, 2.24) is 9.80 Å². The van der Waals surface area contributed by atoms with E-state index in [1.807, 2.05) is 58.3 Å². The molecule has 110 valence electrons. The van der Waals surface area contributed by atoms with E-state index in [0.29, 0.717) is 0 Å². The SMILES string of the molecule is O=C(c1ccc(-c2ccc(C(=O)N3CC3)cc2)cc1)N1CC1. The number of amides is 2. The van der Waals surface area contributed by atoms with Crippen molar-refractivity contribution in [2.45, 2.75) is 0 Å². The van der Waals surface area contributed by atoms with Gasteiger partial charge >= 0.3 is 0 Å². The fourth-order valence-electron chi connectivity index (χ4n) is 2.48. The smallest absolute Gasteiger partial charge is 0.253 e. The molecule has 2 aliphatic rings. The molecule has 2 fully saturated rings. The monoisotopic (exact) mass is 292 g/mol. The number of hydrogen-bond donors (Lipinski definition) is 0. The highest BCUT2D eigenvalue weighted by Gasteiger charge is 2.25. The standard InChI is InChI=1S/C18H16N2O2/c21-17(19-9-10-19)15-5-1-13(2-6-15)14-3-7-16(8-4-14)18(22)20-11-12-20/h1-8H,9-12H2. The summed E-state index contributed by atoms with van der Waals surface area (Å²) in [6, 6.07) is 15.3. The fraction of sp³-hybridized carbons (Fsp3) is 0.222. The quantitative estimate of drug-likeness (QED) is 0.814. The van der Waals surface area contributed by atoms with Crippen LogP contribution >= 0.6 is 0 Å². The Labute approximate surface area is 129 Å². The first-order valence-electron chi connectivity index (χ1n) is 7.51. The van der Waals surface area contributed by atoms with Gasteiger partial charge in [0.25, 0.3) is 11.8 Å². The van der Waals surface area contributed by atoms with E-state index in [9.17, 15) is 9.59 Å². The molecule has 0 aromatic heterocycles. The maximum absolute atomic E-state index is 11.9. The molecule has 4 heteroatoms. The van der Waals surface area contributed by atoms with Crippen molar-refractivity contribution in [1.29, 1.82) is 0 Å². The molecular formula is C18H16N2O2. The maximum atomic E-state index is 11.9. The summed E-state index contributed by atoms with van der Waals surface area (Å²) in [5.74, 6) is 0.206. The molecule has 0 spiro atoms. The summed E-state index contributed by atoms with van der Waals surface area (Å²) in [6.45, 7) is 3.47. The molecule has 2 heterocycles. The molecule has 2 aromatic carbocycles. The van der Waals surface area contributed by atoms with Crippen molar-refractivity contribution in [3.8, 4) is 11.1 Å². The Morgan fingerprint density at radius 1 is 0.591 bits per heavy atom. The van der Waals surface area contributed by atoms with Gasteiger partial charge in [-0.2, -0.15) is 0 Å². The molecule has 2 amide bonds. The van der Waals surface area contributed by atoms with Crippen molar-refractivity contribution >= 4 is 11.8 Å². The molecule has 22 heavy (non-hydrogen) atoms. The average molecular weight is 292 g/mol. The molecule has 0 atom stereocenters. The van der Waals surface area contributed by atoms with Crippen LogP contribution in [0, 0.1) is 0 Å². The lowest BCUT2D eigenvalue weighted by Gasteiger charge is -2.06. The second-order valence-electron chi connectivity index (χ2n) is 5.74. The minimum Gasteiger partial charge on any atom is -0.335 e. The lowest BCUT2D eigenvalue weighted by Crippen LogP contribution is -2.10. The minimum atomic E-state index is 0.103. The second-order valence-corrected chi connectivity index (χ2v) is 5.74. The van der Waals surface area contributed by atoms with E-state index in [4.69, 9.17) is 0 Å². The van der Waals surface area contributed by atoms with Gasteiger partial charge in [0.05, 0.1) is 0 Å². The van der Waals surface area contributed by atoms with Crippen LogP contribution < -0.4 is 0 Å². The molecule has 2 aliphatic heterocycles. The van der Waals surface area contributed by atoms with Gasteiger partial charge in [-0.1, -0.05) is 24.3 Å². The summed E-state index contributed by atoms with van der Waals surface area (Å²) >= 11 is 0. The molecule has 2 saturated heterocycles. The van der Waals surface area contributed by atoms with Gasteiger partial charge in [-0.3, -0.25) is 9.59 Å². The molecule has 0 radical (unpaired) electrons. The zero-order chi connectivity index (χ0) is 15.1. The van der Waals surface area contributed by atoms with Crippen molar-refractivity contribution in [2.75, 3.05) is 26.2 Å². The van der Waals surface area contributed by atoms with Gasteiger partial charge in [0.15, 0.2) is 0 Å². The first-order valence-corrected chi connectivity index (χ1v) is 7.51. The van der Waals surface area contributed by atoms with Crippen molar-refractivity contribution in [3.05, 3.63) is 59.7 Å². The summed E-state index contributed by atoms with van der Waals surface area (Å²) in [5, 5.41) is 0. The Morgan fingerprint density at radius 2 is 0.909 bits per heavy atom. The summed E-state index contributed by atoms with van der Waals surface area (Å²) in [5.41, 5.74) is 3.56. The van der Waals surface area contributed by atoms with Gasteiger partial charge in [-0.05, 0) is 35.4 Å². The number of rotatable bonds is 3. The summed E-state index contributed by atoms with van der Waals surface area (Å²) in [6.07, 6.45) is 0. The number of nitrogens with zero attached hydrogens (tertiary/aromatic N) is 2. The van der Waals surface area contributed by atoms with Crippen LogP contribution in [0.4, 0.5) is 0 Å². The maximum Gasteiger partial charge on any atom is 0.253 e. The molecule has 0 aliphatic carbocycles. The molecule has 4 nitrogen and oxygen atoms in total. The van der Waals surface area contributed by atoms with Crippen LogP contribution in [0.2, 0.25) is 0 Å². The van der Waals surface area contributed by atoms with Gasteiger partial charge in [-0.25, -0.2) is 0 Å². The van der Waals surface area contributed by atoms with E-state index >= 15 is 0 Å². The van der Waals surface area contributed by atoms with Crippen molar-refractivity contribution < 1.29 is 9.59 Å². The van der Waals surface area contributed by atoms with Crippen LogP contribution in [-0.4, -0.2) is 47.8 Å². The Bertz CT molecular complexity index is 661. The van der Waals surface area contributed by atoms with Gasteiger partial charge in [0.1, 0.15) is 0 Å². The lowest BCUT2D eigenvalue weighted by molar-refractivity contribution is 0.0877. The zero-order valence-electron chi connectivity index (χ0n) is 12.2. The highest BCUT2D eigenvalue weighted by Crippen LogP contribution is 2.23. The zero-order valence-corrected chi connectivity index (χ0v) is 12.2. The van der Waals surface area contributed by atoms with Crippen LogP contribution in [-0.2, 0) is 0 Å². The number of hydrogen-bond acceptors (Lipinski definition) is 2. The number of benzene rings is 2. The van der Waals surface area contributed by atoms with Gasteiger partial charge in [0.2, 0.25) is 0 Å². The largest absolute Gasteiger partial charge is 0.335 e. The van der Waals surface area contributed by atoms with Crippen molar-refractivity contribution in [3.63, 3.8) is 0 Å². The predicted molar refractivity (Wildman–Crippen MR) is 83.7 cm³/mol. The van der Waals surface area contributed by atoms with Crippen LogP contribution in [0.5, 0.6) is 0 Å². The Morgan fingerprint density at radius 3 is 1.18 bits per heavy atom. The predicted octanol–water partition coefficient (Wildman–Crippen LogP) is 2.27. The molecule has 0 saturated carbocycles. The second kappa shape index (κ2) is 4.98. The lowest BCUT2D eigenvalue weighted by atomic mass is 10.0. The topological polar surface area (TPSA) is 40.2 Å². The first kappa shape index (κ1) is 13.1. The first-order chi connectivity index (χ1) is 10.7. The number of carbonyl (C=O) groups excluding carboxylic acids is 2. The van der Waals surface area contributed by atoms with Crippen LogP contribution in [0.1, 0.15) is 20.7 Å².